The van der Waals surface area contributed by atoms with Gasteiger partial charge in [-0.25, -0.2) is 9.37 Å². The molecule has 3 rings (SSSR count). The first-order chi connectivity index (χ1) is 10.2. The third kappa shape index (κ3) is 2.76. The Bertz CT molecular complexity index is 768. The Hall–Kier alpha value is -1.95. The van der Waals surface area contributed by atoms with Crippen LogP contribution in [-0.2, 0) is 19.4 Å². The van der Waals surface area contributed by atoms with E-state index in [4.69, 9.17) is 16.1 Å². The maximum Gasteiger partial charge on any atom is 0.223 e. The quantitative estimate of drug-likeness (QED) is 0.680. The zero-order chi connectivity index (χ0) is 14.8. The molecule has 0 bridgehead atoms. The van der Waals surface area contributed by atoms with Crippen molar-refractivity contribution in [2.24, 2.45) is 0 Å². The van der Waals surface area contributed by atoms with E-state index in [-0.39, 0.29) is 5.82 Å². The van der Waals surface area contributed by atoms with Crippen LogP contribution in [0.1, 0.15) is 17.5 Å². The number of hydrogen-bond donors (Lipinski definition) is 0. The fourth-order valence-corrected chi connectivity index (χ4v) is 2.51. The average Bonchev–Trinajstić information content (AvgIpc) is 3.02. The first kappa shape index (κ1) is 14.0. The summed E-state index contributed by atoms with van der Waals surface area (Å²) in [5.74, 6) is 2.05. The second-order valence-electron chi connectivity index (χ2n) is 4.71. The molecule has 21 heavy (non-hydrogen) atoms. The molecule has 0 aliphatic carbocycles. The van der Waals surface area contributed by atoms with Crippen molar-refractivity contribution in [1.82, 2.24) is 19.7 Å². The predicted molar refractivity (Wildman–Crippen MR) is 76.9 cm³/mol. The molecule has 0 fully saturated rings. The van der Waals surface area contributed by atoms with Crippen LogP contribution in [0.15, 0.2) is 22.7 Å². The van der Waals surface area contributed by atoms with E-state index >= 15 is 0 Å². The zero-order valence-electron chi connectivity index (χ0n) is 11.5. The molecular formula is C14H14ClFN4O. The monoisotopic (exact) mass is 308 g/mol. The first-order valence-corrected chi connectivity index (χ1v) is 7.21. The Morgan fingerprint density at radius 2 is 2.14 bits per heavy atom. The fraction of sp³-hybridized carbons (Fsp3) is 0.357. The molecule has 0 amide bonds. The number of nitrogens with zero attached hydrogens (tertiary/aromatic N) is 4. The van der Waals surface area contributed by atoms with Crippen LogP contribution >= 0.6 is 11.6 Å². The van der Waals surface area contributed by atoms with E-state index in [9.17, 15) is 4.39 Å². The summed E-state index contributed by atoms with van der Waals surface area (Å²) < 4.78 is 20.8. The largest absolute Gasteiger partial charge is 0.340 e. The number of halogens is 2. The maximum atomic E-state index is 13.8. The van der Waals surface area contributed by atoms with Gasteiger partial charge in [0.2, 0.25) is 5.89 Å². The van der Waals surface area contributed by atoms with Gasteiger partial charge in [-0.2, -0.15) is 4.98 Å². The number of benzene rings is 1. The molecule has 0 aliphatic heterocycles. The molecule has 110 valence electrons. The van der Waals surface area contributed by atoms with Crippen molar-refractivity contribution in [1.29, 1.82) is 0 Å². The van der Waals surface area contributed by atoms with Crippen molar-refractivity contribution < 1.29 is 8.91 Å². The molecule has 0 atom stereocenters. The summed E-state index contributed by atoms with van der Waals surface area (Å²) in [7, 11) is 0. The standard InChI is InChI=1S/C14H14ClFN4O/c1-9-17-12(19-21-9)6-8-20-11-4-2-3-10(16)14(11)18-13(20)5-7-15/h2-4H,5-8H2,1H3. The third-order valence-electron chi connectivity index (χ3n) is 3.26. The van der Waals surface area contributed by atoms with Crippen molar-refractivity contribution in [2.75, 3.05) is 5.88 Å². The van der Waals surface area contributed by atoms with Crippen molar-refractivity contribution in [3.05, 3.63) is 41.6 Å². The Morgan fingerprint density at radius 3 is 2.86 bits per heavy atom. The highest BCUT2D eigenvalue weighted by atomic mass is 35.5. The van der Waals surface area contributed by atoms with Crippen LogP contribution in [0.4, 0.5) is 4.39 Å². The van der Waals surface area contributed by atoms with E-state index in [2.05, 4.69) is 15.1 Å². The molecule has 2 heterocycles. The SMILES string of the molecule is Cc1nc(CCn2c(CCCl)nc3c(F)cccc32)no1. The molecule has 0 N–H and O–H groups in total. The molecule has 1 aromatic carbocycles. The van der Waals surface area contributed by atoms with Crippen LogP contribution in [0.25, 0.3) is 11.0 Å². The summed E-state index contributed by atoms with van der Waals surface area (Å²) in [6, 6.07) is 4.94. The first-order valence-electron chi connectivity index (χ1n) is 6.68. The Labute approximate surface area is 125 Å². The van der Waals surface area contributed by atoms with Gasteiger partial charge in [0, 0.05) is 32.2 Å². The van der Waals surface area contributed by atoms with Gasteiger partial charge in [0.25, 0.3) is 0 Å². The summed E-state index contributed by atoms with van der Waals surface area (Å²) in [4.78, 5) is 8.53. The Morgan fingerprint density at radius 1 is 1.29 bits per heavy atom. The van der Waals surface area contributed by atoms with Gasteiger partial charge in [-0.1, -0.05) is 11.2 Å². The second-order valence-corrected chi connectivity index (χ2v) is 5.08. The lowest BCUT2D eigenvalue weighted by molar-refractivity contribution is 0.386. The molecule has 5 nitrogen and oxygen atoms in total. The van der Waals surface area contributed by atoms with Crippen molar-refractivity contribution in [3.63, 3.8) is 0 Å². The van der Waals surface area contributed by atoms with Crippen molar-refractivity contribution >= 4 is 22.6 Å². The number of hydrogen-bond acceptors (Lipinski definition) is 4. The maximum absolute atomic E-state index is 13.8. The van der Waals surface area contributed by atoms with Gasteiger partial charge < -0.3 is 9.09 Å². The lowest BCUT2D eigenvalue weighted by Crippen LogP contribution is -2.07. The molecule has 0 aliphatic rings. The normalized spacial score (nSPS) is 11.4. The molecule has 3 aromatic rings. The lowest BCUT2D eigenvalue weighted by atomic mass is 10.3. The summed E-state index contributed by atoms with van der Waals surface area (Å²) in [5, 5.41) is 3.87. The van der Waals surface area contributed by atoms with E-state index in [1.807, 2.05) is 10.6 Å². The minimum Gasteiger partial charge on any atom is -0.340 e. The van der Waals surface area contributed by atoms with E-state index in [1.165, 1.54) is 6.07 Å². The van der Waals surface area contributed by atoms with Gasteiger partial charge in [-0.05, 0) is 12.1 Å². The number of rotatable bonds is 5. The fourth-order valence-electron chi connectivity index (χ4n) is 2.34. The van der Waals surface area contributed by atoms with Crippen LogP contribution in [0.2, 0.25) is 0 Å². The molecular weight excluding hydrogens is 295 g/mol. The van der Waals surface area contributed by atoms with E-state index in [1.54, 1.807) is 13.0 Å². The minimum atomic E-state index is -0.322. The molecule has 7 heteroatoms. The van der Waals surface area contributed by atoms with E-state index < -0.39 is 0 Å². The number of fused-ring (bicyclic) bond motifs is 1. The number of aromatic nitrogens is 4. The number of para-hydroxylation sites is 1. The smallest absolute Gasteiger partial charge is 0.223 e. The van der Waals surface area contributed by atoms with Gasteiger partial charge in [-0.15, -0.1) is 11.6 Å². The van der Waals surface area contributed by atoms with Crippen LogP contribution in [0.5, 0.6) is 0 Å². The lowest BCUT2D eigenvalue weighted by Gasteiger charge is -2.06. The number of imidazole rings is 1. The van der Waals surface area contributed by atoms with Crippen LogP contribution in [0.3, 0.4) is 0 Å². The number of alkyl halides is 1. The molecule has 0 saturated carbocycles. The number of aryl methyl sites for hydroxylation is 4. The highest BCUT2D eigenvalue weighted by molar-refractivity contribution is 6.17. The summed E-state index contributed by atoms with van der Waals surface area (Å²) >= 11 is 5.81. The highest BCUT2D eigenvalue weighted by Gasteiger charge is 2.14. The zero-order valence-corrected chi connectivity index (χ0v) is 12.3. The summed E-state index contributed by atoms with van der Waals surface area (Å²) in [6.45, 7) is 2.35. The third-order valence-corrected chi connectivity index (χ3v) is 3.44. The van der Waals surface area contributed by atoms with Crippen LogP contribution in [-0.4, -0.2) is 25.6 Å². The van der Waals surface area contributed by atoms with Crippen molar-refractivity contribution in [2.45, 2.75) is 26.3 Å². The van der Waals surface area contributed by atoms with Gasteiger partial charge in [0.05, 0.1) is 5.52 Å². The van der Waals surface area contributed by atoms with Crippen molar-refractivity contribution in [3.8, 4) is 0 Å². The predicted octanol–water partition coefficient (Wildman–Crippen LogP) is 2.89. The van der Waals surface area contributed by atoms with Gasteiger partial charge in [0.15, 0.2) is 11.6 Å². The van der Waals surface area contributed by atoms with E-state index in [0.717, 1.165) is 11.3 Å². The van der Waals surface area contributed by atoms with Gasteiger partial charge >= 0.3 is 0 Å². The molecule has 0 spiro atoms. The van der Waals surface area contributed by atoms with Crippen LogP contribution in [0, 0.1) is 12.7 Å². The summed E-state index contributed by atoms with van der Waals surface area (Å²) in [5.41, 5.74) is 1.14. The molecule has 0 unspecified atom stereocenters. The van der Waals surface area contributed by atoms with E-state index in [0.29, 0.717) is 42.5 Å². The molecule has 0 saturated heterocycles. The summed E-state index contributed by atoms with van der Waals surface area (Å²) in [6.07, 6.45) is 1.18. The molecule has 2 aromatic heterocycles. The second kappa shape index (κ2) is 5.81. The topological polar surface area (TPSA) is 56.7 Å². The highest BCUT2D eigenvalue weighted by Crippen LogP contribution is 2.20. The Kier molecular flexibility index (Phi) is 3.88. The van der Waals surface area contributed by atoms with Crippen LogP contribution < -0.4 is 0 Å². The molecule has 0 radical (unpaired) electrons. The van der Waals surface area contributed by atoms with Gasteiger partial charge in [-0.3, -0.25) is 0 Å². The average molecular weight is 309 g/mol. The Balaban J connectivity index is 1.95. The van der Waals surface area contributed by atoms with Gasteiger partial charge in [0.1, 0.15) is 11.3 Å². The minimum absolute atomic E-state index is 0.322.